The van der Waals surface area contributed by atoms with Gasteiger partial charge in [-0.3, -0.25) is 9.69 Å². The molecule has 1 N–H and O–H groups in total. The Balaban J connectivity index is 2.15. The van der Waals surface area contributed by atoms with E-state index in [4.69, 9.17) is 0 Å². The molecule has 1 amide bonds. The third kappa shape index (κ3) is 3.48. The predicted octanol–water partition coefficient (Wildman–Crippen LogP) is 1.77. The number of aliphatic hydroxyl groups excluding tert-OH is 1. The van der Waals surface area contributed by atoms with Crippen molar-refractivity contribution in [2.45, 2.75) is 19.4 Å². The van der Waals surface area contributed by atoms with Crippen LogP contribution < -0.4 is 0 Å². The van der Waals surface area contributed by atoms with Crippen LogP contribution >= 0.6 is 0 Å². The summed E-state index contributed by atoms with van der Waals surface area (Å²) in [4.78, 5) is 15.3. The average Bonchev–Trinajstić information content (AvgIpc) is 2.55. The third-order valence-corrected chi connectivity index (χ3v) is 4.13. The van der Waals surface area contributed by atoms with E-state index in [9.17, 15) is 27.5 Å². The molecule has 23 heavy (non-hydrogen) atoms. The van der Waals surface area contributed by atoms with E-state index in [1.54, 1.807) is 0 Å². The Labute approximate surface area is 131 Å². The highest BCUT2D eigenvalue weighted by Gasteiger charge is 2.31. The molecule has 0 saturated carbocycles. The van der Waals surface area contributed by atoms with Crippen LogP contribution in [-0.4, -0.2) is 59.6 Å². The Morgan fingerprint density at radius 1 is 1.13 bits per heavy atom. The molecule has 1 saturated heterocycles. The number of piperazine rings is 1. The van der Waals surface area contributed by atoms with Crippen LogP contribution in [-0.2, 0) is 0 Å². The Bertz CT molecular complexity index is 559. The molecule has 0 aromatic heterocycles. The molecule has 1 unspecified atom stereocenters. The minimum absolute atomic E-state index is 0.0250. The van der Waals surface area contributed by atoms with E-state index in [0.717, 1.165) is 11.3 Å². The van der Waals surface area contributed by atoms with Crippen molar-refractivity contribution in [2.24, 2.45) is 0 Å². The molecule has 4 nitrogen and oxygen atoms in total. The van der Waals surface area contributed by atoms with Crippen molar-refractivity contribution < 1.29 is 27.5 Å². The molecule has 1 aromatic carbocycles. The first-order valence-corrected chi connectivity index (χ1v) is 7.37. The fourth-order valence-electron chi connectivity index (χ4n) is 2.71. The maximum atomic E-state index is 13.7. The van der Waals surface area contributed by atoms with Gasteiger partial charge in [0, 0.05) is 38.3 Å². The van der Waals surface area contributed by atoms with Crippen molar-refractivity contribution in [3.8, 4) is 0 Å². The number of halogens is 4. The minimum atomic E-state index is -1.68. The van der Waals surface area contributed by atoms with E-state index in [0.29, 0.717) is 13.1 Å². The first-order valence-electron chi connectivity index (χ1n) is 7.37. The molecule has 0 spiro atoms. The van der Waals surface area contributed by atoms with Crippen LogP contribution in [0, 0.1) is 23.3 Å². The van der Waals surface area contributed by atoms with Gasteiger partial charge in [0.25, 0.3) is 5.91 Å². The molecule has 1 atom stereocenters. The zero-order valence-corrected chi connectivity index (χ0v) is 12.7. The highest BCUT2D eigenvalue weighted by molar-refractivity contribution is 5.95. The van der Waals surface area contributed by atoms with Gasteiger partial charge in [0.2, 0.25) is 0 Å². The smallest absolute Gasteiger partial charge is 0.260 e. The van der Waals surface area contributed by atoms with Crippen molar-refractivity contribution in [1.82, 2.24) is 9.80 Å². The lowest BCUT2D eigenvalue weighted by Gasteiger charge is -2.38. The molecular formula is C15H18F4N2O2. The zero-order chi connectivity index (χ0) is 17.1. The van der Waals surface area contributed by atoms with Crippen LogP contribution in [0.5, 0.6) is 0 Å². The van der Waals surface area contributed by atoms with Gasteiger partial charge in [0.1, 0.15) is 5.56 Å². The van der Waals surface area contributed by atoms with E-state index in [1.807, 2.05) is 11.8 Å². The van der Waals surface area contributed by atoms with E-state index >= 15 is 0 Å². The van der Waals surface area contributed by atoms with Gasteiger partial charge < -0.3 is 10.0 Å². The number of nitrogens with zero attached hydrogens (tertiary/aromatic N) is 2. The highest BCUT2D eigenvalue weighted by Crippen LogP contribution is 2.22. The molecule has 1 aliphatic heterocycles. The van der Waals surface area contributed by atoms with Crippen LogP contribution in [0.3, 0.4) is 0 Å². The molecule has 1 fully saturated rings. The first-order chi connectivity index (χ1) is 10.9. The molecule has 1 aromatic rings. The second-order valence-electron chi connectivity index (χ2n) is 5.42. The van der Waals surface area contributed by atoms with Gasteiger partial charge >= 0.3 is 0 Å². The van der Waals surface area contributed by atoms with Crippen molar-refractivity contribution in [3.05, 3.63) is 34.9 Å². The number of hydrogen-bond donors (Lipinski definition) is 1. The number of carbonyl (C=O) groups is 1. The van der Waals surface area contributed by atoms with Crippen LogP contribution in [0.2, 0.25) is 0 Å². The van der Waals surface area contributed by atoms with Gasteiger partial charge in [-0.2, -0.15) is 0 Å². The van der Waals surface area contributed by atoms with Crippen molar-refractivity contribution in [1.29, 1.82) is 0 Å². The Kier molecular flexibility index (Phi) is 5.59. The highest BCUT2D eigenvalue weighted by atomic mass is 19.2. The quantitative estimate of drug-likeness (QED) is 0.674. The standard InChI is InChI=1S/C15H18F4N2O2/c1-2-9(8-22)20-3-5-21(6-4-20)15(23)12-13(18)10(16)7-11(17)14(12)19/h7,9,22H,2-6,8H2,1H3. The van der Waals surface area contributed by atoms with Gasteiger partial charge in [-0.15, -0.1) is 0 Å². The van der Waals surface area contributed by atoms with Crippen molar-refractivity contribution >= 4 is 5.91 Å². The van der Waals surface area contributed by atoms with Crippen LogP contribution in [0.4, 0.5) is 17.6 Å². The van der Waals surface area contributed by atoms with E-state index in [2.05, 4.69) is 0 Å². The van der Waals surface area contributed by atoms with E-state index in [1.165, 1.54) is 0 Å². The molecule has 1 aliphatic rings. The SMILES string of the molecule is CCC(CO)N1CCN(C(=O)c2c(F)c(F)cc(F)c2F)CC1. The fraction of sp³-hybridized carbons (Fsp3) is 0.533. The predicted molar refractivity (Wildman–Crippen MR) is 74.9 cm³/mol. The number of amides is 1. The summed E-state index contributed by atoms with van der Waals surface area (Å²) in [5, 5.41) is 9.26. The molecule has 0 radical (unpaired) electrons. The maximum absolute atomic E-state index is 13.7. The monoisotopic (exact) mass is 334 g/mol. The van der Waals surface area contributed by atoms with E-state index in [-0.39, 0.29) is 31.8 Å². The second kappa shape index (κ2) is 7.27. The van der Waals surface area contributed by atoms with Gasteiger partial charge in [-0.05, 0) is 6.42 Å². The lowest BCUT2D eigenvalue weighted by molar-refractivity contribution is 0.0463. The number of rotatable bonds is 4. The summed E-state index contributed by atoms with van der Waals surface area (Å²) < 4.78 is 53.8. The lowest BCUT2D eigenvalue weighted by atomic mass is 10.1. The average molecular weight is 334 g/mol. The molecule has 128 valence electrons. The number of carbonyl (C=O) groups excluding carboxylic acids is 1. The summed E-state index contributed by atoms with van der Waals surface area (Å²) in [6, 6.07) is 0.0271. The fourth-order valence-corrected chi connectivity index (χ4v) is 2.71. The summed E-state index contributed by atoms with van der Waals surface area (Å²) in [6.45, 7) is 3.03. The second-order valence-corrected chi connectivity index (χ2v) is 5.42. The summed E-state index contributed by atoms with van der Waals surface area (Å²) in [6.07, 6.45) is 0.725. The Hall–Kier alpha value is -1.67. The summed E-state index contributed by atoms with van der Waals surface area (Å²) in [5.41, 5.74) is -1.20. The van der Waals surface area contributed by atoms with Crippen LogP contribution in [0.15, 0.2) is 6.07 Å². The molecule has 8 heteroatoms. The van der Waals surface area contributed by atoms with Gasteiger partial charge in [-0.1, -0.05) is 6.92 Å². The minimum Gasteiger partial charge on any atom is -0.395 e. The summed E-state index contributed by atoms with van der Waals surface area (Å²) in [7, 11) is 0. The molecule has 0 bridgehead atoms. The molecular weight excluding hydrogens is 316 g/mol. The van der Waals surface area contributed by atoms with Crippen LogP contribution in [0.1, 0.15) is 23.7 Å². The molecule has 1 heterocycles. The van der Waals surface area contributed by atoms with Gasteiger partial charge in [0.05, 0.1) is 6.61 Å². The number of benzene rings is 1. The largest absolute Gasteiger partial charge is 0.395 e. The third-order valence-electron chi connectivity index (χ3n) is 4.13. The van der Waals surface area contributed by atoms with E-state index < -0.39 is 34.7 Å². The number of hydrogen-bond acceptors (Lipinski definition) is 3. The normalized spacial score (nSPS) is 17.4. The lowest BCUT2D eigenvalue weighted by Crippen LogP contribution is -2.53. The topological polar surface area (TPSA) is 43.8 Å². The first kappa shape index (κ1) is 17.7. The van der Waals surface area contributed by atoms with Gasteiger partial charge in [-0.25, -0.2) is 17.6 Å². The molecule has 0 aliphatic carbocycles. The summed E-state index contributed by atoms with van der Waals surface area (Å²) >= 11 is 0. The van der Waals surface area contributed by atoms with Crippen molar-refractivity contribution in [2.75, 3.05) is 32.8 Å². The molecule has 2 rings (SSSR count). The maximum Gasteiger partial charge on any atom is 0.260 e. The number of aliphatic hydroxyl groups is 1. The summed E-state index contributed by atoms with van der Waals surface area (Å²) in [5.74, 6) is -7.64. The Morgan fingerprint density at radius 3 is 2.09 bits per heavy atom. The zero-order valence-electron chi connectivity index (χ0n) is 12.7. The van der Waals surface area contributed by atoms with Crippen LogP contribution in [0.25, 0.3) is 0 Å². The Morgan fingerprint density at radius 2 is 1.65 bits per heavy atom. The van der Waals surface area contributed by atoms with Crippen molar-refractivity contribution in [3.63, 3.8) is 0 Å². The van der Waals surface area contributed by atoms with Gasteiger partial charge in [0.15, 0.2) is 23.3 Å².